The van der Waals surface area contributed by atoms with Gasteiger partial charge in [-0.05, 0) is 63.3 Å². The van der Waals surface area contributed by atoms with Crippen LogP contribution in [0.25, 0.3) is 10.9 Å². The fraction of sp³-hybridized carbons (Fsp3) is 0.421. The topological polar surface area (TPSA) is 93.0 Å². The maximum Gasteiger partial charge on any atom is 0.189 e. The molecule has 1 aromatic heterocycles. The molecule has 1 heterocycles. The lowest BCUT2D eigenvalue weighted by atomic mass is 9.84. The van der Waals surface area contributed by atoms with E-state index in [2.05, 4.69) is 4.98 Å². The first-order valence-corrected chi connectivity index (χ1v) is 8.22. The summed E-state index contributed by atoms with van der Waals surface area (Å²) in [6, 6.07) is 3.69. The quantitative estimate of drug-likeness (QED) is 0.392. The summed E-state index contributed by atoms with van der Waals surface area (Å²) in [7, 11) is 0. The smallest absolute Gasteiger partial charge is 0.189 e. The van der Waals surface area contributed by atoms with Gasteiger partial charge < -0.3 is 15.5 Å². The Hall–Kier alpha value is -2.43. The second-order valence-corrected chi connectivity index (χ2v) is 7.22. The van der Waals surface area contributed by atoms with E-state index in [0.29, 0.717) is 17.8 Å². The van der Waals surface area contributed by atoms with Gasteiger partial charge in [0.1, 0.15) is 12.1 Å². The number of H-pyrrole nitrogens is 1. The van der Waals surface area contributed by atoms with Crippen LogP contribution in [0.5, 0.6) is 0 Å². The van der Waals surface area contributed by atoms with Crippen LogP contribution in [-0.2, 0) is 21.4 Å². The van der Waals surface area contributed by atoms with Crippen LogP contribution >= 0.6 is 0 Å². The first-order chi connectivity index (χ1) is 11.3. The van der Waals surface area contributed by atoms with Gasteiger partial charge in [0.15, 0.2) is 5.78 Å². The number of carbonyl (C=O) groups excluding carboxylic acids is 3. The van der Waals surface area contributed by atoms with E-state index in [1.165, 1.54) is 6.92 Å². The molecule has 3 N–H and O–H groups in total. The Morgan fingerprint density at radius 2 is 2.08 bits per heavy atom. The fourth-order valence-corrected chi connectivity index (χ4v) is 3.58. The number of aryl methyl sites for hydroxylation is 1. The van der Waals surface area contributed by atoms with Crippen molar-refractivity contribution in [2.75, 3.05) is 5.73 Å². The van der Waals surface area contributed by atoms with Crippen LogP contribution in [0.1, 0.15) is 55.2 Å². The number of nitrogens with two attached hydrogens (primary N) is 1. The molecular weight excluding hydrogens is 304 g/mol. The molecule has 1 atom stereocenters. The van der Waals surface area contributed by atoms with Crippen molar-refractivity contribution in [3.05, 3.63) is 29.0 Å². The molecule has 0 saturated carbocycles. The van der Waals surface area contributed by atoms with Gasteiger partial charge in [-0.2, -0.15) is 0 Å². The molecule has 1 aromatic carbocycles. The predicted molar refractivity (Wildman–Crippen MR) is 93.2 cm³/mol. The number of ketones is 2. The van der Waals surface area contributed by atoms with Crippen molar-refractivity contribution in [2.45, 2.75) is 45.4 Å². The minimum Gasteiger partial charge on any atom is -0.398 e. The highest BCUT2D eigenvalue weighted by Crippen LogP contribution is 2.36. The Bertz CT molecular complexity index is 861. The van der Waals surface area contributed by atoms with Gasteiger partial charge >= 0.3 is 0 Å². The van der Waals surface area contributed by atoms with E-state index in [1.807, 2.05) is 26.0 Å². The van der Waals surface area contributed by atoms with Gasteiger partial charge in [-0.3, -0.25) is 9.59 Å². The molecule has 2 aromatic rings. The van der Waals surface area contributed by atoms with Crippen LogP contribution in [0.4, 0.5) is 5.69 Å². The number of rotatable bonds is 3. The van der Waals surface area contributed by atoms with E-state index in [-0.39, 0.29) is 11.6 Å². The summed E-state index contributed by atoms with van der Waals surface area (Å²) in [5.74, 6) is -0.794. The summed E-state index contributed by atoms with van der Waals surface area (Å²) in [5.41, 5.74) is 8.99. The summed E-state index contributed by atoms with van der Waals surface area (Å²) < 4.78 is 0. The zero-order valence-corrected chi connectivity index (χ0v) is 14.2. The summed E-state index contributed by atoms with van der Waals surface area (Å²) in [4.78, 5) is 39.1. The molecular formula is C19H22N2O3. The Morgan fingerprint density at radius 1 is 1.38 bits per heavy atom. The molecule has 5 nitrogen and oxygen atoms in total. The highest BCUT2D eigenvalue weighted by molar-refractivity contribution is 6.12. The van der Waals surface area contributed by atoms with E-state index < -0.39 is 11.3 Å². The average molecular weight is 326 g/mol. The van der Waals surface area contributed by atoms with Crippen molar-refractivity contribution >= 4 is 34.4 Å². The van der Waals surface area contributed by atoms with Crippen LogP contribution in [0, 0.1) is 5.92 Å². The number of Topliss-reactive ketones (excluding diaryl/α,β-unsaturated/α-hetero) is 2. The monoisotopic (exact) mass is 326 g/mol. The van der Waals surface area contributed by atoms with Gasteiger partial charge in [0.25, 0.3) is 0 Å². The van der Waals surface area contributed by atoms with E-state index in [1.54, 1.807) is 0 Å². The fourth-order valence-electron chi connectivity index (χ4n) is 3.58. The largest absolute Gasteiger partial charge is 0.398 e. The van der Waals surface area contributed by atoms with Gasteiger partial charge in [0, 0.05) is 22.0 Å². The minimum atomic E-state index is -0.702. The number of hydrogen-bond acceptors (Lipinski definition) is 4. The number of benzene rings is 1. The molecule has 1 aliphatic rings. The first kappa shape index (κ1) is 16.4. The lowest BCUT2D eigenvalue weighted by Crippen LogP contribution is -2.21. The lowest BCUT2D eigenvalue weighted by molar-refractivity contribution is -0.119. The molecule has 0 aliphatic heterocycles. The standard InChI is InChI=1S/C19H22N2O3/c1-10(23)11-5-4-6-12-13-7-15(20)14(19(2,3)9-22)8-16(13)21-17(12)18(11)24/h7-9,11,21H,4-6,20H2,1-3H3. The van der Waals surface area contributed by atoms with Crippen molar-refractivity contribution in [1.29, 1.82) is 0 Å². The van der Waals surface area contributed by atoms with Crippen molar-refractivity contribution in [3.8, 4) is 0 Å². The van der Waals surface area contributed by atoms with Gasteiger partial charge in [0.05, 0.1) is 11.6 Å². The molecule has 1 unspecified atom stereocenters. The Morgan fingerprint density at radius 3 is 2.71 bits per heavy atom. The second kappa shape index (κ2) is 5.58. The molecule has 0 bridgehead atoms. The maximum absolute atomic E-state index is 12.7. The number of anilines is 1. The SMILES string of the molecule is CC(=O)C1CCCc2c([nH]c3cc(C(C)(C)C=O)c(N)cc23)C1=O. The average Bonchev–Trinajstić information content (AvgIpc) is 2.78. The van der Waals surface area contributed by atoms with Crippen LogP contribution in [0.3, 0.4) is 0 Å². The maximum atomic E-state index is 12.7. The van der Waals surface area contributed by atoms with Crippen LogP contribution < -0.4 is 5.73 Å². The molecule has 0 spiro atoms. The van der Waals surface area contributed by atoms with Gasteiger partial charge in [-0.25, -0.2) is 0 Å². The third-order valence-corrected chi connectivity index (χ3v) is 5.04. The zero-order chi connectivity index (χ0) is 17.6. The van der Waals surface area contributed by atoms with Gasteiger partial charge in [0.2, 0.25) is 0 Å². The Labute approximate surface area is 140 Å². The summed E-state index contributed by atoms with van der Waals surface area (Å²) >= 11 is 0. The summed E-state index contributed by atoms with van der Waals surface area (Å²) in [6.07, 6.45) is 2.98. The molecule has 1 aliphatic carbocycles. The zero-order valence-electron chi connectivity index (χ0n) is 14.2. The molecule has 126 valence electrons. The number of aldehydes is 1. The lowest BCUT2D eigenvalue weighted by Gasteiger charge is -2.20. The van der Waals surface area contributed by atoms with Gasteiger partial charge in [-0.1, -0.05) is 0 Å². The second-order valence-electron chi connectivity index (χ2n) is 7.22. The van der Waals surface area contributed by atoms with Crippen molar-refractivity contribution in [1.82, 2.24) is 4.98 Å². The molecule has 3 rings (SSSR count). The van der Waals surface area contributed by atoms with Crippen LogP contribution in [-0.4, -0.2) is 22.8 Å². The summed E-state index contributed by atoms with van der Waals surface area (Å²) in [5, 5.41) is 0.908. The minimum absolute atomic E-state index is 0.0891. The van der Waals surface area contributed by atoms with Gasteiger partial charge in [-0.15, -0.1) is 0 Å². The number of aromatic amines is 1. The normalized spacial score (nSPS) is 18.3. The molecule has 5 heteroatoms. The molecule has 0 saturated heterocycles. The highest BCUT2D eigenvalue weighted by atomic mass is 16.2. The van der Waals surface area contributed by atoms with E-state index >= 15 is 0 Å². The van der Waals surface area contributed by atoms with Crippen molar-refractivity contribution < 1.29 is 14.4 Å². The third-order valence-electron chi connectivity index (χ3n) is 5.04. The van der Waals surface area contributed by atoms with E-state index in [4.69, 9.17) is 5.73 Å². The van der Waals surface area contributed by atoms with Crippen LogP contribution in [0.2, 0.25) is 0 Å². The first-order valence-electron chi connectivity index (χ1n) is 8.22. The Kier molecular flexibility index (Phi) is 3.82. The number of nitrogen functional groups attached to an aromatic ring is 1. The Balaban J connectivity index is 2.21. The third kappa shape index (κ3) is 2.44. The molecule has 0 amide bonds. The van der Waals surface area contributed by atoms with Crippen molar-refractivity contribution in [2.24, 2.45) is 5.92 Å². The number of hydrogen-bond donors (Lipinski definition) is 2. The number of fused-ring (bicyclic) bond motifs is 3. The van der Waals surface area contributed by atoms with E-state index in [0.717, 1.165) is 41.2 Å². The number of nitrogens with one attached hydrogen (secondary N) is 1. The summed E-state index contributed by atoms with van der Waals surface area (Å²) in [6.45, 7) is 5.09. The van der Waals surface area contributed by atoms with Crippen LogP contribution in [0.15, 0.2) is 12.1 Å². The van der Waals surface area contributed by atoms with E-state index in [9.17, 15) is 14.4 Å². The van der Waals surface area contributed by atoms with Crippen molar-refractivity contribution in [3.63, 3.8) is 0 Å². The molecule has 0 radical (unpaired) electrons. The number of carbonyl (C=O) groups is 3. The predicted octanol–water partition coefficient (Wildman–Crippen LogP) is 2.95. The molecule has 0 fully saturated rings. The number of aromatic nitrogens is 1. The molecule has 24 heavy (non-hydrogen) atoms. The highest BCUT2D eigenvalue weighted by Gasteiger charge is 2.32.